The largest absolute Gasteiger partial charge is 0.339 e. The molecule has 1 heterocycles. The van der Waals surface area contributed by atoms with Gasteiger partial charge in [0.2, 0.25) is 0 Å². The number of nitrogens with zero attached hydrogens (tertiary/aromatic N) is 5. The lowest BCUT2D eigenvalue weighted by Gasteiger charge is -2.22. The molecular formula is C14H19N5S. The van der Waals surface area contributed by atoms with Crippen LogP contribution < -0.4 is 4.90 Å². The number of benzene rings is 1. The number of para-hydroxylation sites is 1. The van der Waals surface area contributed by atoms with E-state index < -0.39 is 0 Å². The van der Waals surface area contributed by atoms with Gasteiger partial charge in [-0.2, -0.15) is 0 Å². The lowest BCUT2D eigenvalue weighted by Crippen LogP contribution is -2.25. The smallest absolute Gasteiger partial charge is 0.150 e. The molecule has 5 nitrogen and oxygen atoms in total. The van der Waals surface area contributed by atoms with Crippen molar-refractivity contribution in [2.45, 2.75) is 26.2 Å². The highest BCUT2D eigenvalue weighted by Gasteiger charge is 2.10. The minimum absolute atomic E-state index is 0.839. The zero-order chi connectivity index (χ0) is 14.5. The highest BCUT2D eigenvalue weighted by Crippen LogP contribution is 2.19. The van der Waals surface area contributed by atoms with Crippen molar-refractivity contribution in [3.8, 4) is 0 Å². The first-order valence-electron chi connectivity index (χ1n) is 6.63. The summed E-state index contributed by atoms with van der Waals surface area (Å²) in [6.45, 7) is 2.10. The van der Waals surface area contributed by atoms with Crippen molar-refractivity contribution in [2.24, 2.45) is 7.05 Å². The Balaban J connectivity index is 1.89. The van der Waals surface area contributed by atoms with Gasteiger partial charge in [-0.05, 0) is 41.8 Å². The molecule has 20 heavy (non-hydrogen) atoms. The summed E-state index contributed by atoms with van der Waals surface area (Å²) in [6.07, 6.45) is 2.64. The molecule has 0 saturated heterocycles. The van der Waals surface area contributed by atoms with Gasteiger partial charge in [0.25, 0.3) is 0 Å². The van der Waals surface area contributed by atoms with E-state index in [-0.39, 0.29) is 0 Å². The van der Waals surface area contributed by atoms with Crippen LogP contribution in [-0.4, -0.2) is 32.2 Å². The van der Waals surface area contributed by atoms with Crippen molar-refractivity contribution in [1.82, 2.24) is 20.2 Å². The first kappa shape index (κ1) is 14.6. The summed E-state index contributed by atoms with van der Waals surface area (Å²) in [6, 6.07) is 8.26. The first-order chi connectivity index (χ1) is 9.59. The number of thiocarbonyl (C=S) groups is 1. The van der Waals surface area contributed by atoms with Gasteiger partial charge in [-0.1, -0.05) is 30.4 Å². The predicted octanol–water partition coefficient (Wildman–Crippen LogP) is 2.31. The quantitative estimate of drug-likeness (QED) is 0.790. The van der Waals surface area contributed by atoms with E-state index in [2.05, 4.69) is 39.5 Å². The summed E-state index contributed by atoms with van der Waals surface area (Å²) in [5.74, 6) is 0.895. The SMILES string of the molecule is Cc1ccccc1N(C)C(=S)CCCc1nnnn1C. The van der Waals surface area contributed by atoms with Crippen molar-refractivity contribution >= 4 is 22.9 Å². The van der Waals surface area contributed by atoms with Crippen LogP contribution in [0.2, 0.25) is 0 Å². The third-order valence-electron chi connectivity index (χ3n) is 3.35. The Morgan fingerprint density at radius 2 is 2.10 bits per heavy atom. The molecule has 0 fully saturated rings. The fraction of sp³-hybridized carbons (Fsp3) is 0.429. The number of hydrogen-bond acceptors (Lipinski definition) is 4. The van der Waals surface area contributed by atoms with Crippen molar-refractivity contribution in [3.05, 3.63) is 35.7 Å². The number of hydrogen-bond donors (Lipinski definition) is 0. The van der Waals surface area contributed by atoms with Gasteiger partial charge in [0.1, 0.15) is 0 Å². The molecule has 0 aliphatic carbocycles. The number of aromatic nitrogens is 4. The topological polar surface area (TPSA) is 46.8 Å². The van der Waals surface area contributed by atoms with Gasteiger partial charge < -0.3 is 4.90 Å². The van der Waals surface area contributed by atoms with Gasteiger partial charge in [-0.3, -0.25) is 0 Å². The maximum Gasteiger partial charge on any atom is 0.150 e. The molecule has 0 bridgehead atoms. The van der Waals surface area contributed by atoms with E-state index in [1.54, 1.807) is 4.68 Å². The van der Waals surface area contributed by atoms with Crippen molar-refractivity contribution in [1.29, 1.82) is 0 Å². The highest BCUT2D eigenvalue weighted by molar-refractivity contribution is 7.80. The lowest BCUT2D eigenvalue weighted by atomic mass is 10.1. The third kappa shape index (κ3) is 3.39. The molecule has 0 radical (unpaired) electrons. The van der Waals surface area contributed by atoms with E-state index in [9.17, 15) is 0 Å². The van der Waals surface area contributed by atoms with E-state index in [0.29, 0.717) is 0 Å². The number of anilines is 1. The molecule has 2 aromatic rings. The van der Waals surface area contributed by atoms with Gasteiger partial charge in [-0.25, -0.2) is 4.68 Å². The van der Waals surface area contributed by atoms with Crippen LogP contribution in [0, 0.1) is 6.92 Å². The van der Waals surface area contributed by atoms with Crippen LogP contribution in [0.1, 0.15) is 24.2 Å². The van der Waals surface area contributed by atoms with Gasteiger partial charge in [-0.15, -0.1) is 5.10 Å². The molecule has 0 spiro atoms. The Bertz CT molecular complexity index is 593. The average molecular weight is 289 g/mol. The molecule has 106 valence electrons. The molecule has 0 aliphatic heterocycles. The normalized spacial score (nSPS) is 10.6. The van der Waals surface area contributed by atoms with Gasteiger partial charge in [0.15, 0.2) is 5.82 Å². The summed E-state index contributed by atoms with van der Waals surface area (Å²) >= 11 is 5.51. The summed E-state index contributed by atoms with van der Waals surface area (Å²) in [5, 5.41) is 11.4. The lowest BCUT2D eigenvalue weighted by molar-refractivity contribution is 0.663. The van der Waals surface area contributed by atoms with Crippen LogP contribution in [0.3, 0.4) is 0 Å². The van der Waals surface area contributed by atoms with E-state index in [1.807, 2.05) is 26.2 Å². The minimum atomic E-state index is 0.839. The number of aryl methyl sites for hydroxylation is 3. The Hall–Kier alpha value is -1.82. The zero-order valence-electron chi connectivity index (χ0n) is 12.1. The van der Waals surface area contributed by atoms with Crippen LogP contribution in [0.5, 0.6) is 0 Å². The molecule has 1 aromatic heterocycles. The second-order valence-corrected chi connectivity index (χ2v) is 5.28. The Morgan fingerprint density at radius 1 is 1.35 bits per heavy atom. The summed E-state index contributed by atoms with van der Waals surface area (Å²) in [4.78, 5) is 3.02. The van der Waals surface area contributed by atoms with Crippen molar-refractivity contribution in [2.75, 3.05) is 11.9 Å². The van der Waals surface area contributed by atoms with Gasteiger partial charge in [0, 0.05) is 26.2 Å². The molecule has 0 atom stereocenters. The van der Waals surface area contributed by atoms with E-state index in [0.717, 1.165) is 35.8 Å². The zero-order valence-corrected chi connectivity index (χ0v) is 12.9. The Morgan fingerprint density at radius 3 is 2.75 bits per heavy atom. The second-order valence-electron chi connectivity index (χ2n) is 4.81. The molecule has 6 heteroatoms. The van der Waals surface area contributed by atoms with E-state index in [4.69, 9.17) is 12.2 Å². The van der Waals surface area contributed by atoms with Crippen molar-refractivity contribution < 1.29 is 0 Å². The summed E-state index contributed by atoms with van der Waals surface area (Å²) < 4.78 is 1.70. The van der Waals surface area contributed by atoms with Crippen LogP contribution in [0.15, 0.2) is 24.3 Å². The molecule has 0 aliphatic rings. The molecular weight excluding hydrogens is 270 g/mol. The van der Waals surface area contributed by atoms with Crippen LogP contribution >= 0.6 is 12.2 Å². The van der Waals surface area contributed by atoms with Crippen LogP contribution in [0.4, 0.5) is 5.69 Å². The third-order valence-corrected chi connectivity index (χ3v) is 3.83. The fourth-order valence-electron chi connectivity index (χ4n) is 2.10. The summed E-state index contributed by atoms with van der Waals surface area (Å²) in [5.41, 5.74) is 2.40. The Kier molecular flexibility index (Phi) is 4.79. The highest BCUT2D eigenvalue weighted by atomic mass is 32.1. The molecule has 0 unspecified atom stereocenters. The van der Waals surface area contributed by atoms with Crippen molar-refractivity contribution in [3.63, 3.8) is 0 Å². The molecule has 0 N–H and O–H groups in total. The average Bonchev–Trinajstić information content (AvgIpc) is 2.84. The monoisotopic (exact) mass is 289 g/mol. The van der Waals surface area contributed by atoms with Crippen LogP contribution in [-0.2, 0) is 13.5 Å². The maximum atomic E-state index is 5.51. The van der Waals surface area contributed by atoms with E-state index >= 15 is 0 Å². The molecule has 0 saturated carbocycles. The van der Waals surface area contributed by atoms with Gasteiger partial charge >= 0.3 is 0 Å². The fourth-order valence-corrected chi connectivity index (χ4v) is 2.34. The number of tetrazole rings is 1. The predicted molar refractivity (Wildman–Crippen MR) is 83.9 cm³/mol. The first-order valence-corrected chi connectivity index (χ1v) is 7.04. The van der Waals surface area contributed by atoms with Crippen LogP contribution in [0.25, 0.3) is 0 Å². The van der Waals surface area contributed by atoms with E-state index in [1.165, 1.54) is 5.56 Å². The number of rotatable bonds is 5. The second kappa shape index (κ2) is 6.56. The standard InChI is InChI=1S/C14H19N5S/c1-11-7-4-5-8-12(11)18(2)14(20)10-6-9-13-15-16-17-19(13)3/h4-5,7-8H,6,9-10H2,1-3H3. The molecule has 2 rings (SSSR count). The minimum Gasteiger partial charge on any atom is -0.339 e. The molecule has 1 aromatic carbocycles. The maximum absolute atomic E-state index is 5.51. The summed E-state index contributed by atoms with van der Waals surface area (Å²) in [7, 11) is 3.88. The molecule has 0 amide bonds. The Labute approximate surface area is 124 Å². The van der Waals surface area contributed by atoms with Gasteiger partial charge in [0.05, 0.1) is 4.99 Å².